The molecule has 0 radical (unpaired) electrons. The molecule has 7 rings (SSSR count). The fraction of sp³-hybridized carbons (Fsp3) is 0.216. The summed E-state index contributed by atoms with van der Waals surface area (Å²) in [6.07, 6.45) is 3.76. The van der Waals surface area contributed by atoms with Crippen molar-refractivity contribution in [2.24, 2.45) is 17.8 Å². The Bertz CT molecular complexity index is 1930. The molecule has 1 fully saturated rings. The number of benzene rings is 3. The standard InChI is InChI=1S/C37H28BrNO6/c1-18-14-22(15-19(2)33(18)41)30-24-12-13-25-31(26(24)16-27-32(30)29(40)17-28(38)35(27)43)37(45)39(36(25)44)23-10-8-21(9-11-23)34(42)20-6-4-3-5-7-20/h3-12,14-15,17,25-26,30-31,41H,13,16H2,1-2H3. The number of aromatic hydroxyl groups is 1. The van der Waals surface area contributed by atoms with Crippen LogP contribution in [0.15, 0.2) is 100 Å². The highest BCUT2D eigenvalue weighted by atomic mass is 79.9. The molecule has 7 nitrogen and oxygen atoms in total. The minimum Gasteiger partial charge on any atom is -0.507 e. The van der Waals surface area contributed by atoms with Gasteiger partial charge in [-0.05, 0) is 89.5 Å². The van der Waals surface area contributed by atoms with Crippen LogP contribution in [-0.2, 0) is 19.2 Å². The van der Waals surface area contributed by atoms with E-state index in [1.54, 1.807) is 62.4 Å². The summed E-state index contributed by atoms with van der Waals surface area (Å²) in [5.74, 6) is -3.63. The van der Waals surface area contributed by atoms with E-state index in [0.717, 1.165) is 11.1 Å². The second-order valence-corrected chi connectivity index (χ2v) is 13.0. The summed E-state index contributed by atoms with van der Waals surface area (Å²) in [6, 6.07) is 19.0. The van der Waals surface area contributed by atoms with Gasteiger partial charge in [-0.1, -0.05) is 54.1 Å². The average molecular weight is 663 g/mol. The van der Waals surface area contributed by atoms with Crippen LogP contribution in [0.3, 0.4) is 0 Å². The van der Waals surface area contributed by atoms with Crippen molar-refractivity contribution in [3.05, 3.63) is 128 Å². The number of anilines is 1. The topological polar surface area (TPSA) is 109 Å². The van der Waals surface area contributed by atoms with Crippen molar-refractivity contribution in [1.82, 2.24) is 0 Å². The van der Waals surface area contributed by atoms with Gasteiger partial charge in [0.2, 0.25) is 11.8 Å². The van der Waals surface area contributed by atoms with E-state index in [4.69, 9.17) is 0 Å². The zero-order valence-electron chi connectivity index (χ0n) is 24.5. The molecule has 2 amide bonds. The van der Waals surface area contributed by atoms with E-state index in [9.17, 15) is 29.1 Å². The minimum absolute atomic E-state index is 0.160. The zero-order chi connectivity index (χ0) is 31.7. The van der Waals surface area contributed by atoms with Crippen LogP contribution < -0.4 is 4.90 Å². The van der Waals surface area contributed by atoms with Crippen molar-refractivity contribution in [1.29, 1.82) is 0 Å². The number of aryl methyl sites for hydroxylation is 2. The lowest BCUT2D eigenvalue weighted by Crippen LogP contribution is -2.39. The molecule has 1 aliphatic heterocycles. The molecule has 1 saturated heterocycles. The molecule has 1 N–H and O–H groups in total. The fourth-order valence-electron chi connectivity index (χ4n) is 7.51. The van der Waals surface area contributed by atoms with Gasteiger partial charge in [0, 0.05) is 34.3 Å². The van der Waals surface area contributed by atoms with Crippen LogP contribution in [0.25, 0.3) is 0 Å². The van der Waals surface area contributed by atoms with Crippen LogP contribution in [0.4, 0.5) is 5.69 Å². The number of fused-ring (bicyclic) bond motifs is 3. The number of halogens is 1. The SMILES string of the molecule is Cc1cc(C2C3=CCC4C(=O)N(c5ccc(C(=O)c6ccccc6)cc5)C(=O)C4C3CC3=C2C(=O)C=C(Br)C3=O)cc(C)c1O. The Balaban J connectivity index is 1.27. The van der Waals surface area contributed by atoms with E-state index >= 15 is 0 Å². The summed E-state index contributed by atoms with van der Waals surface area (Å²) in [5, 5.41) is 10.5. The normalized spacial score (nSPS) is 24.2. The molecule has 0 spiro atoms. The summed E-state index contributed by atoms with van der Waals surface area (Å²) < 4.78 is 0.170. The number of hydrogen-bond donors (Lipinski definition) is 1. The third-order valence-corrected chi connectivity index (χ3v) is 10.2. The lowest BCUT2D eigenvalue weighted by atomic mass is 9.59. The number of Topliss-reactive ketones (excluding diaryl/α,β-unsaturated/α-hetero) is 1. The van der Waals surface area contributed by atoms with Gasteiger partial charge in [-0.15, -0.1) is 0 Å². The largest absolute Gasteiger partial charge is 0.507 e. The van der Waals surface area contributed by atoms with Crippen LogP contribution in [0, 0.1) is 31.6 Å². The minimum atomic E-state index is -0.716. The molecule has 8 heteroatoms. The van der Waals surface area contributed by atoms with Gasteiger partial charge in [-0.25, -0.2) is 0 Å². The molecule has 4 atom stereocenters. The van der Waals surface area contributed by atoms with Crippen LogP contribution in [0.5, 0.6) is 5.75 Å². The maximum absolute atomic E-state index is 14.2. The average Bonchev–Trinajstić information content (AvgIpc) is 3.30. The maximum Gasteiger partial charge on any atom is 0.238 e. The Morgan fingerprint density at radius 1 is 0.867 bits per heavy atom. The molecule has 4 aliphatic rings. The van der Waals surface area contributed by atoms with E-state index in [1.807, 2.05) is 24.3 Å². The van der Waals surface area contributed by atoms with Gasteiger partial charge in [0.05, 0.1) is 22.0 Å². The first-order chi connectivity index (χ1) is 21.6. The van der Waals surface area contributed by atoms with E-state index < -0.39 is 23.7 Å². The molecule has 45 heavy (non-hydrogen) atoms. The molecule has 4 unspecified atom stereocenters. The van der Waals surface area contributed by atoms with E-state index in [0.29, 0.717) is 45.5 Å². The highest BCUT2D eigenvalue weighted by molar-refractivity contribution is 9.12. The number of imide groups is 1. The summed E-state index contributed by atoms with van der Waals surface area (Å²) in [7, 11) is 0. The van der Waals surface area contributed by atoms with Crippen molar-refractivity contribution in [2.45, 2.75) is 32.6 Å². The van der Waals surface area contributed by atoms with Crippen LogP contribution in [0.1, 0.15) is 51.4 Å². The lowest BCUT2D eigenvalue weighted by Gasteiger charge is -2.42. The summed E-state index contributed by atoms with van der Waals surface area (Å²) in [6.45, 7) is 3.57. The first-order valence-electron chi connectivity index (χ1n) is 14.8. The van der Waals surface area contributed by atoms with E-state index in [2.05, 4.69) is 15.9 Å². The van der Waals surface area contributed by atoms with E-state index in [-0.39, 0.29) is 45.8 Å². The number of carbonyl (C=O) groups excluding carboxylic acids is 5. The highest BCUT2D eigenvalue weighted by Crippen LogP contribution is 2.56. The summed E-state index contributed by atoms with van der Waals surface area (Å²) >= 11 is 3.26. The predicted octanol–water partition coefficient (Wildman–Crippen LogP) is 6.21. The monoisotopic (exact) mass is 661 g/mol. The van der Waals surface area contributed by atoms with Crippen LogP contribution in [-0.4, -0.2) is 34.3 Å². The molecule has 0 saturated carbocycles. The number of allylic oxidation sites excluding steroid dienone is 6. The van der Waals surface area contributed by atoms with Gasteiger partial charge < -0.3 is 5.11 Å². The molecule has 1 heterocycles. The van der Waals surface area contributed by atoms with Gasteiger partial charge in [-0.2, -0.15) is 0 Å². The zero-order valence-corrected chi connectivity index (χ0v) is 26.1. The lowest BCUT2D eigenvalue weighted by molar-refractivity contribution is -0.123. The molecule has 3 aliphatic carbocycles. The number of rotatable bonds is 4. The van der Waals surface area contributed by atoms with Crippen molar-refractivity contribution in [2.75, 3.05) is 4.90 Å². The number of phenols is 1. The summed E-state index contributed by atoms with van der Waals surface area (Å²) in [4.78, 5) is 69.1. The number of hydrogen-bond acceptors (Lipinski definition) is 6. The number of ketones is 3. The Morgan fingerprint density at radius 2 is 1.51 bits per heavy atom. The molecule has 3 aromatic carbocycles. The number of nitrogens with zero attached hydrogens (tertiary/aromatic N) is 1. The van der Waals surface area contributed by atoms with E-state index in [1.165, 1.54) is 11.0 Å². The Labute approximate surface area is 268 Å². The number of carbonyl (C=O) groups is 5. The third kappa shape index (κ3) is 4.50. The molecule has 3 aromatic rings. The maximum atomic E-state index is 14.2. The first-order valence-corrected chi connectivity index (χ1v) is 15.6. The molecule has 0 bridgehead atoms. The first kappa shape index (κ1) is 29.0. The second kappa shape index (κ2) is 10.7. The third-order valence-electron chi connectivity index (χ3n) is 9.60. The summed E-state index contributed by atoms with van der Waals surface area (Å²) in [5.41, 5.74) is 5.00. The van der Waals surface area contributed by atoms with Gasteiger partial charge in [0.15, 0.2) is 17.3 Å². The van der Waals surface area contributed by atoms with Gasteiger partial charge in [-0.3, -0.25) is 28.9 Å². The van der Waals surface area contributed by atoms with Crippen molar-refractivity contribution in [3.63, 3.8) is 0 Å². The number of amides is 2. The van der Waals surface area contributed by atoms with Crippen molar-refractivity contribution in [3.8, 4) is 5.75 Å². The fourth-order valence-corrected chi connectivity index (χ4v) is 7.96. The molecular formula is C37H28BrNO6. The predicted molar refractivity (Wildman–Crippen MR) is 171 cm³/mol. The smallest absolute Gasteiger partial charge is 0.238 e. The highest BCUT2D eigenvalue weighted by Gasteiger charge is 2.56. The Kier molecular flexibility index (Phi) is 6.93. The van der Waals surface area contributed by atoms with Gasteiger partial charge in [0.1, 0.15) is 5.75 Å². The Hall–Kier alpha value is -4.69. The molecule has 224 valence electrons. The molecular weight excluding hydrogens is 634 g/mol. The van der Waals surface area contributed by atoms with Gasteiger partial charge in [0.25, 0.3) is 0 Å². The number of phenolic OH excluding ortho intramolecular Hbond substituents is 1. The molecule has 0 aromatic heterocycles. The van der Waals surface area contributed by atoms with Crippen molar-refractivity contribution < 1.29 is 29.1 Å². The van der Waals surface area contributed by atoms with Crippen LogP contribution >= 0.6 is 15.9 Å². The second-order valence-electron chi connectivity index (χ2n) is 12.2. The van der Waals surface area contributed by atoms with Gasteiger partial charge >= 0.3 is 0 Å². The van der Waals surface area contributed by atoms with Crippen LogP contribution in [0.2, 0.25) is 0 Å². The quantitative estimate of drug-likeness (QED) is 0.154. The Morgan fingerprint density at radius 3 is 2.18 bits per heavy atom. The van der Waals surface area contributed by atoms with Crippen molar-refractivity contribution >= 4 is 50.8 Å².